The number of hydrogen-bond acceptors (Lipinski definition) is 5. The molecule has 1 aliphatic rings. The number of carbonyl (C=O) groups is 1. The minimum absolute atomic E-state index is 0.140. The molecule has 11 heteroatoms. The van der Waals surface area contributed by atoms with E-state index in [1.54, 1.807) is 13.0 Å². The number of fused-ring (bicyclic) bond motifs is 1. The minimum Gasteiger partial charge on any atom is -0.432 e. The summed E-state index contributed by atoms with van der Waals surface area (Å²) in [4.78, 5) is 18.3. The highest BCUT2D eigenvalue weighted by molar-refractivity contribution is 7.14. The van der Waals surface area contributed by atoms with Gasteiger partial charge in [0, 0.05) is 28.3 Å². The standard InChI is InChI=1S/C23H25F4N4O2S/c1-12-14(15-10-29-31-11-13(33-21(24)25)9-28-19(15)31)8-17(34-12)20(32)30-18-16(22(2,3)4)6-5-7-23(18,26)27/h8-11,18,21H,5-7H2,1-4H3,(H,30,32)/t18-/m1/s1. The Balaban J connectivity index is 1.61. The van der Waals surface area contributed by atoms with Gasteiger partial charge in [0.05, 0.1) is 29.5 Å². The van der Waals surface area contributed by atoms with Crippen molar-refractivity contribution in [3.05, 3.63) is 40.3 Å². The number of ether oxygens (including phenoxy) is 1. The van der Waals surface area contributed by atoms with Gasteiger partial charge >= 0.3 is 6.61 Å². The van der Waals surface area contributed by atoms with Gasteiger partial charge < -0.3 is 10.1 Å². The average Bonchev–Trinajstić information content (AvgIpc) is 3.30. The molecule has 1 aliphatic carbocycles. The van der Waals surface area contributed by atoms with Crippen LogP contribution in [0.5, 0.6) is 5.75 Å². The molecule has 6 nitrogen and oxygen atoms in total. The highest BCUT2D eigenvalue weighted by Crippen LogP contribution is 2.46. The molecule has 3 aromatic heterocycles. The minimum atomic E-state index is -3.02. The lowest BCUT2D eigenvalue weighted by Crippen LogP contribution is -2.56. The second-order valence-electron chi connectivity index (χ2n) is 9.37. The van der Waals surface area contributed by atoms with Crippen LogP contribution in [0.15, 0.2) is 24.7 Å². The highest BCUT2D eigenvalue weighted by atomic mass is 32.1. The maximum absolute atomic E-state index is 14.8. The molecule has 1 N–H and O–H groups in total. The molecule has 1 atom stereocenters. The summed E-state index contributed by atoms with van der Waals surface area (Å²) in [6.07, 6.45) is 4.62. The molecule has 0 unspecified atom stereocenters. The van der Waals surface area contributed by atoms with Crippen molar-refractivity contribution in [1.82, 2.24) is 19.9 Å². The Kier molecular flexibility index (Phi) is 6.34. The first-order valence-corrected chi connectivity index (χ1v) is 11.6. The maximum Gasteiger partial charge on any atom is 0.387 e. The molecule has 0 bridgehead atoms. The van der Waals surface area contributed by atoms with Gasteiger partial charge in [0.1, 0.15) is 0 Å². The smallest absolute Gasteiger partial charge is 0.387 e. The van der Waals surface area contributed by atoms with Crippen LogP contribution in [0.1, 0.15) is 54.6 Å². The first-order chi connectivity index (χ1) is 15.9. The van der Waals surface area contributed by atoms with Crippen LogP contribution in [0.25, 0.3) is 16.8 Å². The Labute approximate surface area is 198 Å². The molecule has 3 aromatic rings. The van der Waals surface area contributed by atoms with E-state index in [9.17, 15) is 22.4 Å². The number of halogens is 4. The quantitative estimate of drug-likeness (QED) is 0.446. The number of aryl methyl sites for hydroxylation is 1. The molecule has 4 rings (SSSR count). The third kappa shape index (κ3) is 4.75. The third-order valence-corrected chi connectivity index (χ3v) is 7.00. The summed E-state index contributed by atoms with van der Waals surface area (Å²) < 4.78 is 60.2. The van der Waals surface area contributed by atoms with Gasteiger partial charge in [0.15, 0.2) is 11.4 Å². The molecule has 1 radical (unpaired) electrons. The van der Waals surface area contributed by atoms with E-state index in [1.165, 1.54) is 28.2 Å². The van der Waals surface area contributed by atoms with Crippen molar-refractivity contribution in [3.63, 3.8) is 0 Å². The Morgan fingerprint density at radius 3 is 2.71 bits per heavy atom. The molecule has 3 heterocycles. The second kappa shape index (κ2) is 8.83. The number of carbonyl (C=O) groups excluding carboxylic acids is 1. The third-order valence-electron chi connectivity index (χ3n) is 5.96. The number of amides is 1. The average molecular weight is 498 g/mol. The van der Waals surface area contributed by atoms with E-state index in [0.29, 0.717) is 40.4 Å². The highest BCUT2D eigenvalue weighted by Gasteiger charge is 2.51. The van der Waals surface area contributed by atoms with Crippen molar-refractivity contribution in [2.75, 3.05) is 0 Å². The fourth-order valence-electron chi connectivity index (χ4n) is 4.33. The molecule has 1 saturated carbocycles. The summed E-state index contributed by atoms with van der Waals surface area (Å²) >= 11 is 1.18. The lowest BCUT2D eigenvalue weighted by Gasteiger charge is -2.44. The number of aromatic nitrogens is 3. The summed E-state index contributed by atoms with van der Waals surface area (Å²) in [5, 5.41) is 6.73. The second-order valence-corrected chi connectivity index (χ2v) is 10.6. The van der Waals surface area contributed by atoms with E-state index in [-0.39, 0.29) is 12.2 Å². The topological polar surface area (TPSA) is 68.5 Å². The van der Waals surface area contributed by atoms with E-state index in [4.69, 9.17) is 0 Å². The van der Waals surface area contributed by atoms with Crippen molar-refractivity contribution in [1.29, 1.82) is 0 Å². The van der Waals surface area contributed by atoms with Crippen LogP contribution in [-0.4, -0.2) is 39.1 Å². The van der Waals surface area contributed by atoms with Crippen LogP contribution in [0.2, 0.25) is 0 Å². The van der Waals surface area contributed by atoms with Gasteiger partial charge in [-0.25, -0.2) is 18.3 Å². The lowest BCUT2D eigenvalue weighted by atomic mass is 9.68. The molecule has 0 saturated heterocycles. The number of rotatable bonds is 5. The molecule has 1 amide bonds. The molecule has 0 aromatic carbocycles. The molecular weight excluding hydrogens is 472 g/mol. The van der Waals surface area contributed by atoms with Crippen molar-refractivity contribution in [2.45, 2.75) is 65.5 Å². The summed E-state index contributed by atoms with van der Waals surface area (Å²) in [6.45, 7) is 4.46. The zero-order valence-electron chi connectivity index (χ0n) is 19.2. The molecule has 1 fully saturated rings. The van der Waals surface area contributed by atoms with Crippen LogP contribution in [0.4, 0.5) is 17.6 Å². The fraction of sp³-hybridized carbons (Fsp3) is 0.478. The van der Waals surface area contributed by atoms with E-state index in [0.717, 1.165) is 11.1 Å². The number of nitrogens with one attached hydrogen (secondary N) is 1. The van der Waals surface area contributed by atoms with Crippen molar-refractivity contribution in [3.8, 4) is 16.9 Å². The Morgan fingerprint density at radius 2 is 2.03 bits per heavy atom. The van der Waals surface area contributed by atoms with E-state index < -0.39 is 29.9 Å². The monoisotopic (exact) mass is 497 g/mol. The van der Waals surface area contributed by atoms with E-state index >= 15 is 0 Å². The summed E-state index contributed by atoms with van der Waals surface area (Å²) in [5.41, 5.74) is 1.17. The normalized spacial score (nSPS) is 19.0. The van der Waals surface area contributed by atoms with Gasteiger partial charge in [-0.05, 0) is 31.2 Å². The summed E-state index contributed by atoms with van der Waals surface area (Å²) in [6, 6.07) is 0.293. The Hall–Kier alpha value is -2.69. The zero-order valence-corrected chi connectivity index (χ0v) is 20.0. The number of nitrogens with zero attached hydrogens (tertiary/aromatic N) is 3. The van der Waals surface area contributed by atoms with Crippen LogP contribution in [0.3, 0.4) is 0 Å². The largest absolute Gasteiger partial charge is 0.432 e. The molecule has 183 valence electrons. The number of alkyl halides is 4. The molecule has 0 spiro atoms. The number of thiophene rings is 1. The maximum atomic E-state index is 14.8. The van der Waals surface area contributed by atoms with Gasteiger partial charge in [-0.3, -0.25) is 4.79 Å². The predicted molar refractivity (Wildman–Crippen MR) is 120 cm³/mol. The van der Waals surface area contributed by atoms with Crippen molar-refractivity contribution < 1.29 is 27.1 Å². The number of hydrogen-bond donors (Lipinski definition) is 1. The van der Waals surface area contributed by atoms with Crippen molar-refractivity contribution >= 4 is 22.9 Å². The van der Waals surface area contributed by atoms with Crippen LogP contribution in [-0.2, 0) is 0 Å². The summed E-state index contributed by atoms with van der Waals surface area (Å²) in [5.74, 6) is -3.08. The Bertz CT molecular complexity index is 1200. The van der Waals surface area contributed by atoms with E-state index in [2.05, 4.69) is 20.1 Å². The van der Waals surface area contributed by atoms with Gasteiger partial charge in [-0.1, -0.05) is 20.8 Å². The Morgan fingerprint density at radius 1 is 1.29 bits per heavy atom. The van der Waals surface area contributed by atoms with Crippen LogP contribution < -0.4 is 10.1 Å². The van der Waals surface area contributed by atoms with Gasteiger partial charge in [-0.15, -0.1) is 11.3 Å². The zero-order chi connectivity index (χ0) is 24.8. The molecular formula is C23H25F4N4O2S. The van der Waals surface area contributed by atoms with Crippen LogP contribution >= 0.6 is 11.3 Å². The van der Waals surface area contributed by atoms with Gasteiger partial charge in [0.2, 0.25) is 0 Å². The van der Waals surface area contributed by atoms with Gasteiger partial charge in [-0.2, -0.15) is 13.9 Å². The predicted octanol–water partition coefficient (Wildman–Crippen LogP) is 5.91. The molecule has 0 aliphatic heterocycles. The first-order valence-electron chi connectivity index (χ1n) is 10.8. The SMILES string of the molecule is Cc1sc(C(=O)N[C@@H]2[C](C(C)(C)C)CCCC2(F)F)cc1-c1cnn2cc(OC(F)F)cnc12. The van der Waals surface area contributed by atoms with Gasteiger partial charge in [0.25, 0.3) is 11.8 Å². The molecule has 34 heavy (non-hydrogen) atoms. The first kappa shape index (κ1) is 24.4. The fourth-order valence-corrected chi connectivity index (χ4v) is 5.27. The summed E-state index contributed by atoms with van der Waals surface area (Å²) in [7, 11) is 0. The lowest BCUT2D eigenvalue weighted by molar-refractivity contribution is -0.0613. The van der Waals surface area contributed by atoms with E-state index in [1.807, 2.05) is 20.8 Å². The van der Waals surface area contributed by atoms with Crippen LogP contribution in [0, 0.1) is 18.3 Å². The van der Waals surface area contributed by atoms with Crippen molar-refractivity contribution in [2.24, 2.45) is 5.41 Å².